The van der Waals surface area contributed by atoms with E-state index in [9.17, 15) is 0 Å². The van der Waals surface area contributed by atoms with Crippen LogP contribution in [0.15, 0.2) is 42.5 Å². The van der Waals surface area contributed by atoms with Gasteiger partial charge in [-0.2, -0.15) is 0 Å². The first-order chi connectivity index (χ1) is 14.3. The van der Waals surface area contributed by atoms with Crippen molar-refractivity contribution in [2.45, 2.75) is 64.6 Å². The molecule has 4 nitrogen and oxygen atoms in total. The Bertz CT molecular complexity index is 886. The van der Waals surface area contributed by atoms with Gasteiger partial charge in [0.05, 0.1) is 22.6 Å². The van der Waals surface area contributed by atoms with Crippen molar-refractivity contribution in [2.75, 3.05) is 16.8 Å². The van der Waals surface area contributed by atoms with Gasteiger partial charge < -0.3 is 18.9 Å². The van der Waals surface area contributed by atoms with Gasteiger partial charge in [0.25, 0.3) is 0 Å². The van der Waals surface area contributed by atoms with E-state index in [1.165, 1.54) is 19.3 Å². The van der Waals surface area contributed by atoms with Gasteiger partial charge in [-0.3, -0.25) is 0 Å². The fraction of sp³-hybridized carbons (Fsp3) is 0.500. The lowest BCUT2D eigenvalue weighted by Gasteiger charge is -2.33. The summed E-state index contributed by atoms with van der Waals surface area (Å²) in [5.74, 6) is 1.76. The van der Waals surface area contributed by atoms with Crippen molar-refractivity contribution in [2.24, 2.45) is 0 Å². The first-order valence-electron chi connectivity index (χ1n) is 10.9. The van der Waals surface area contributed by atoms with E-state index in [4.69, 9.17) is 14.0 Å². The molecule has 0 spiro atoms. The maximum atomic E-state index is 6.30. The van der Waals surface area contributed by atoms with Crippen molar-refractivity contribution in [3.05, 3.63) is 42.5 Å². The molecule has 6 heteroatoms. The van der Waals surface area contributed by atoms with Gasteiger partial charge in [-0.15, -0.1) is 0 Å². The van der Waals surface area contributed by atoms with Crippen LogP contribution in [0.1, 0.15) is 53.4 Å². The predicted molar refractivity (Wildman–Crippen MR) is 128 cm³/mol. The van der Waals surface area contributed by atoms with Crippen LogP contribution in [0.3, 0.4) is 0 Å². The number of hydrogen-bond donors (Lipinski definition) is 0. The monoisotopic (exact) mass is 471 g/mol. The van der Waals surface area contributed by atoms with E-state index in [-0.39, 0.29) is 11.2 Å². The molecule has 2 aliphatic rings. The van der Waals surface area contributed by atoms with E-state index in [0.29, 0.717) is 0 Å². The van der Waals surface area contributed by atoms with Gasteiger partial charge in [-0.05, 0) is 70.3 Å². The third-order valence-corrected chi connectivity index (χ3v) is 7.00. The molecular formula is C24H31BBrNO3. The van der Waals surface area contributed by atoms with Gasteiger partial charge >= 0.3 is 7.12 Å². The molecule has 2 heterocycles. The maximum absolute atomic E-state index is 6.30. The molecule has 0 amide bonds. The third-order valence-electron chi connectivity index (χ3n) is 6.44. The molecule has 0 unspecified atom stereocenters. The molecule has 2 aliphatic heterocycles. The summed E-state index contributed by atoms with van der Waals surface area (Å²) in [5.41, 5.74) is 2.51. The number of ether oxygens (including phenoxy) is 1. The van der Waals surface area contributed by atoms with Crippen LogP contribution in [-0.2, 0) is 9.31 Å². The zero-order valence-corrected chi connectivity index (χ0v) is 20.0. The first-order valence-corrected chi connectivity index (χ1v) is 12.0. The zero-order valence-electron chi connectivity index (χ0n) is 18.4. The highest BCUT2D eigenvalue weighted by Crippen LogP contribution is 2.46. The molecular weight excluding hydrogens is 441 g/mol. The van der Waals surface area contributed by atoms with Crippen molar-refractivity contribution >= 4 is 39.9 Å². The summed E-state index contributed by atoms with van der Waals surface area (Å²) in [5, 5.41) is 1.08. The number of para-hydroxylation sites is 2. The van der Waals surface area contributed by atoms with Crippen LogP contribution in [0.25, 0.3) is 0 Å². The number of benzene rings is 2. The molecule has 160 valence electrons. The van der Waals surface area contributed by atoms with Crippen molar-refractivity contribution in [1.82, 2.24) is 0 Å². The van der Waals surface area contributed by atoms with E-state index in [1.807, 2.05) is 12.1 Å². The van der Waals surface area contributed by atoms with Crippen LogP contribution in [0.2, 0.25) is 0 Å². The number of nitrogens with zero attached hydrogens (tertiary/aromatic N) is 1. The second-order valence-electron chi connectivity index (χ2n) is 9.14. The normalized spacial score (nSPS) is 18.7. The Morgan fingerprint density at radius 1 is 0.833 bits per heavy atom. The summed E-state index contributed by atoms with van der Waals surface area (Å²) in [4.78, 5) is 2.39. The SMILES string of the molecule is CC1(C)OB(c2ccc3c(c2)Oc2ccccc2N3CCCCCCBr)OC1(C)C. The Balaban J connectivity index is 1.59. The minimum absolute atomic E-state index is 0.359. The van der Waals surface area contributed by atoms with Crippen molar-refractivity contribution < 1.29 is 14.0 Å². The van der Waals surface area contributed by atoms with E-state index in [2.05, 4.69) is 78.9 Å². The number of halogens is 1. The Morgan fingerprint density at radius 3 is 2.23 bits per heavy atom. The lowest BCUT2D eigenvalue weighted by atomic mass is 9.79. The van der Waals surface area contributed by atoms with Gasteiger partial charge in [-0.1, -0.05) is 47.0 Å². The average molecular weight is 472 g/mol. The van der Waals surface area contributed by atoms with Crippen LogP contribution in [0, 0.1) is 0 Å². The van der Waals surface area contributed by atoms with Crippen LogP contribution in [0.5, 0.6) is 11.5 Å². The Hall–Kier alpha value is -1.50. The third kappa shape index (κ3) is 4.14. The number of anilines is 2. The quantitative estimate of drug-likeness (QED) is 0.274. The Kier molecular flexibility index (Phi) is 6.20. The molecule has 0 atom stereocenters. The largest absolute Gasteiger partial charge is 0.494 e. The highest BCUT2D eigenvalue weighted by atomic mass is 79.9. The van der Waals surface area contributed by atoms with Gasteiger partial charge in [-0.25, -0.2) is 0 Å². The van der Waals surface area contributed by atoms with Crippen LogP contribution in [0.4, 0.5) is 11.4 Å². The van der Waals surface area contributed by atoms with Crippen molar-refractivity contribution in [1.29, 1.82) is 0 Å². The van der Waals surface area contributed by atoms with Gasteiger partial charge in [0, 0.05) is 11.9 Å². The molecule has 2 aromatic carbocycles. The highest BCUT2D eigenvalue weighted by Gasteiger charge is 2.51. The summed E-state index contributed by atoms with van der Waals surface area (Å²) >= 11 is 3.52. The van der Waals surface area contributed by atoms with E-state index in [1.54, 1.807) is 0 Å². The van der Waals surface area contributed by atoms with Gasteiger partial charge in [0.15, 0.2) is 11.5 Å². The number of fused-ring (bicyclic) bond motifs is 2. The fourth-order valence-corrected chi connectivity index (χ4v) is 4.33. The standard InChI is InChI=1S/C24H31BBrNO3/c1-23(2)24(3,4)30-25(29-23)18-13-14-20-22(17-18)28-21-12-8-7-11-19(21)27(20)16-10-6-5-9-15-26/h7-8,11-14,17H,5-6,9-10,15-16H2,1-4H3. The average Bonchev–Trinajstić information content (AvgIpc) is 2.93. The summed E-state index contributed by atoms with van der Waals surface area (Å²) in [7, 11) is -0.390. The van der Waals surface area contributed by atoms with Gasteiger partial charge in [0.2, 0.25) is 0 Å². The van der Waals surface area contributed by atoms with E-state index < -0.39 is 7.12 Å². The molecule has 4 rings (SSSR count). The minimum Gasteiger partial charge on any atom is -0.453 e. The number of rotatable bonds is 7. The molecule has 0 radical (unpaired) electrons. The fourth-order valence-electron chi connectivity index (χ4n) is 3.93. The highest BCUT2D eigenvalue weighted by molar-refractivity contribution is 9.09. The van der Waals surface area contributed by atoms with E-state index >= 15 is 0 Å². The number of unbranched alkanes of at least 4 members (excludes halogenated alkanes) is 3. The lowest BCUT2D eigenvalue weighted by molar-refractivity contribution is 0.00578. The Morgan fingerprint density at radius 2 is 1.50 bits per heavy atom. The predicted octanol–water partition coefficient (Wildman–Crippen LogP) is 6.18. The molecule has 0 aliphatic carbocycles. The van der Waals surface area contributed by atoms with Crippen molar-refractivity contribution in [3.63, 3.8) is 0 Å². The second-order valence-corrected chi connectivity index (χ2v) is 9.93. The minimum atomic E-state index is -0.390. The molecule has 0 aromatic heterocycles. The molecule has 2 aromatic rings. The zero-order chi connectivity index (χ0) is 21.4. The molecule has 1 saturated heterocycles. The molecule has 30 heavy (non-hydrogen) atoms. The number of alkyl halides is 1. The second kappa shape index (κ2) is 8.56. The summed E-state index contributed by atoms with van der Waals surface area (Å²) < 4.78 is 18.8. The Labute approximate surface area is 189 Å². The molecule has 0 N–H and O–H groups in total. The number of hydrogen-bond acceptors (Lipinski definition) is 4. The molecule has 0 saturated carbocycles. The summed E-state index contributed by atoms with van der Waals surface area (Å²) in [6.45, 7) is 9.29. The lowest BCUT2D eigenvalue weighted by Crippen LogP contribution is -2.41. The summed E-state index contributed by atoms with van der Waals surface area (Å²) in [6, 6.07) is 14.6. The maximum Gasteiger partial charge on any atom is 0.494 e. The van der Waals surface area contributed by atoms with Crippen LogP contribution in [-0.4, -0.2) is 30.2 Å². The van der Waals surface area contributed by atoms with Crippen LogP contribution < -0.4 is 15.1 Å². The molecule has 0 bridgehead atoms. The van der Waals surface area contributed by atoms with Crippen molar-refractivity contribution in [3.8, 4) is 11.5 Å². The van der Waals surface area contributed by atoms with Gasteiger partial charge in [0.1, 0.15) is 0 Å². The summed E-state index contributed by atoms with van der Waals surface area (Å²) in [6.07, 6.45) is 4.87. The van der Waals surface area contributed by atoms with Crippen LogP contribution >= 0.6 is 15.9 Å². The topological polar surface area (TPSA) is 30.9 Å². The smallest absolute Gasteiger partial charge is 0.453 e. The molecule has 1 fully saturated rings. The first kappa shape index (κ1) is 21.7. The van der Waals surface area contributed by atoms with E-state index in [0.717, 1.165) is 46.6 Å².